The summed E-state index contributed by atoms with van der Waals surface area (Å²) >= 11 is 1.59. The Bertz CT molecular complexity index is 884. The fourth-order valence-corrected chi connectivity index (χ4v) is 4.47. The molecule has 1 aliphatic carbocycles. The summed E-state index contributed by atoms with van der Waals surface area (Å²) < 4.78 is 1.37. The van der Waals surface area contributed by atoms with Crippen LogP contribution in [0.15, 0.2) is 4.79 Å². The fraction of sp³-hybridized carbons (Fsp3) is 0.500. The SMILES string of the molecule is CC(=O)NNC(=O)Cn1c(C)nc2sc3c(c2c1=O)CCC(C)C3. The van der Waals surface area contributed by atoms with Crippen LogP contribution in [0.5, 0.6) is 0 Å². The van der Waals surface area contributed by atoms with Crippen molar-refractivity contribution in [2.24, 2.45) is 5.92 Å². The Balaban J connectivity index is 1.99. The number of nitrogens with one attached hydrogen (secondary N) is 2. The maximum absolute atomic E-state index is 12.9. The van der Waals surface area contributed by atoms with Gasteiger partial charge in [0.1, 0.15) is 17.2 Å². The molecule has 8 heteroatoms. The molecule has 0 spiro atoms. The largest absolute Gasteiger partial charge is 0.287 e. The third kappa shape index (κ3) is 3.06. The predicted molar refractivity (Wildman–Crippen MR) is 91.8 cm³/mol. The van der Waals surface area contributed by atoms with Crippen molar-refractivity contribution < 1.29 is 9.59 Å². The summed E-state index contributed by atoms with van der Waals surface area (Å²) in [5, 5.41) is 0.653. The van der Waals surface area contributed by atoms with Gasteiger partial charge in [-0.15, -0.1) is 11.3 Å². The van der Waals surface area contributed by atoms with Gasteiger partial charge < -0.3 is 0 Å². The van der Waals surface area contributed by atoms with Crippen LogP contribution in [0.25, 0.3) is 10.2 Å². The molecule has 0 aliphatic heterocycles. The molecule has 2 aromatic rings. The van der Waals surface area contributed by atoms with E-state index in [0.717, 1.165) is 29.7 Å². The first-order valence-electron chi connectivity index (χ1n) is 7.94. The molecule has 128 valence electrons. The van der Waals surface area contributed by atoms with Gasteiger partial charge in [0, 0.05) is 11.8 Å². The Hall–Kier alpha value is -2.22. The van der Waals surface area contributed by atoms with Gasteiger partial charge in [-0.2, -0.15) is 0 Å². The van der Waals surface area contributed by atoms with Gasteiger partial charge in [-0.25, -0.2) is 4.98 Å². The Morgan fingerprint density at radius 1 is 1.38 bits per heavy atom. The lowest BCUT2D eigenvalue weighted by atomic mass is 9.89. The Morgan fingerprint density at radius 3 is 2.83 bits per heavy atom. The number of fused-ring (bicyclic) bond motifs is 3. The van der Waals surface area contributed by atoms with Crippen molar-refractivity contribution in [3.63, 3.8) is 0 Å². The smallest absolute Gasteiger partial charge is 0.263 e. The van der Waals surface area contributed by atoms with Gasteiger partial charge in [0.25, 0.3) is 11.5 Å². The minimum atomic E-state index is -0.464. The van der Waals surface area contributed by atoms with Crippen LogP contribution in [0, 0.1) is 12.8 Å². The quantitative estimate of drug-likeness (QED) is 0.794. The van der Waals surface area contributed by atoms with Crippen molar-refractivity contribution in [1.29, 1.82) is 0 Å². The van der Waals surface area contributed by atoms with Gasteiger partial charge in [-0.05, 0) is 37.7 Å². The summed E-state index contributed by atoms with van der Waals surface area (Å²) in [5.41, 5.74) is 5.41. The first-order chi connectivity index (χ1) is 11.4. The maximum Gasteiger partial charge on any atom is 0.263 e. The number of aromatic nitrogens is 2. The molecule has 0 fully saturated rings. The summed E-state index contributed by atoms with van der Waals surface area (Å²) in [6, 6.07) is 0. The van der Waals surface area contributed by atoms with Gasteiger partial charge in [0.15, 0.2) is 0 Å². The number of amides is 2. The van der Waals surface area contributed by atoms with Crippen LogP contribution < -0.4 is 16.4 Å². The average molecular weight is 348 g/mol. The van der Waals surface area contributed by atoms with Gasteiger partial charge in [-0.3, -0.25) is 29.8 Å². The molecule has 1 aliphatic rings. The van der Waals surface area contributed by atoms with Crippen LogP contribution >= 0.6 is 11.3 Å². The predicted octanol–water partition coefficient (Wildman–Crippen LogP) is 1.06. The standard InChI is InChI=1S/C16H20N4O3S/c1-8-4-5-11-12(6-8)24-15-14(11)16(23)20(9(2)17-15)7-13(22)19-18-10(3)21/h8H,4-7H2,1-3H3,(H,18,21)(H,19,22). The molecule has 0 aromatic carbocycles. The van der Waals surface area contributed by atoms with Gasteiger partial charge in [0.05, 0.1) is 5.39 Å². The minimum absolute atomic E-state index is 0.172. The van der Waals surface area contributed by atoms with E-state index in [0.29, 0.717) is 17.1 Å². The van der Waals surface area contributed by atoms with Crippen molar-refractivity contribution in [2.45, 2.75) is 46.6 Å². The highest BCUT2D eigenvalue weighted by atomic mass is 32.1. The van der Waals surface area contributed by atoms with E-state index in [2.05, 4.69) is 22.8 Å². The topological polar surface area (TPSA) is 93.1 Å². The molecule has 0 bridgehead atoms. The van der Waals surface area contributed by atoms with Crippen molar-refractivity contribution in [1.82, 2.24) is 20.4 Å². The Labute approximate surface area is 143 Å². The second kappa shape index (κ2) is 6.35. The normalized spacial score (nSPS) is 16.7. The number of aryl methyl sites for hydroxylation is 2. The number of carbonyl (C=O) groups is 2. The molecule has 2 heterocycles. The van der Waals surface area contributed by atoms with Crippen LogP contribution in [0.4, 0.5) is 0 Å². The summed E-state index contributed by atoms with van der Waals surface area (Å²) in [5.74, 6) is 0.283. The molecule has 0 saturated heterocycles. The van der Waals surface area contributed by atoms with Crippen molar-refractivity contribution in [3.05, 3.63) is 26.6 Å². The van der Waals surface area contributed by atoms with Gasteiger partial charge in [-0.1, -0.05) is 6.92 Å². The molecule has 2 N–H and O–H groups in total. The molecule has 3 rings (SSSR count). The molecular formula is C16H20N4O3S. The van der Waals surface area contributed by atoms with E-state index >= 15 is 0 Å². The molecule has 24 heavy (non-hydrogen) atoms. The Kier molecular flexibility index (Phi) is 4.40. The van der Waals surface area contributed by atoms with Crippen LogP contribution in [0.3, 0.4) is 0 Å². The van der Waals surface area contributed by atoms with E-state index in [9.17, 15) is 14.4 Å². The average Bonchev–Trinajstić information content (AvgIpc) is 2.86. The zero-order chi connectivity index (χ0) is 17.4. The fourth-order valence-electron chi connectivity index (χ4n) is 3.05. The van der Waals surface area contributed by atoms with Crippen molar-refractivity contribution >= 4 is 33.4 Å². The van der Waals surface area contributed by atoms with Crippen molar-refractivity contribution in [3.8, 4) is 0 Å². The number of thiophene rings is 1. The minimum Gasteiger partial charge on any atom is -0.287 e. The van der Waals surface area contributed by atoms with E-state index in [1.54, 1.807) is 18.3 Å². The van der Waals surface area contributed by atoms with Crippen LogP contribution in [0.1, 0.15) is 36.5 Å². The number of rotatable bonds is 2. The van der Waals surface area contributed by atoms with Gasteiger partial charge >= 0.3 is 0 Å². The molecule has 0 saturated carbocycles. The Morgan fingerprint density at radius 2 is 2.12 bits per heavy atom. The molecule has 1 atom stereocenters. The monoisotopic (exact) mass is 348 g/mol. The summed E-state index contributed by atoms with van der Waals surface area (Å²) in [6.45, 7) is 5.06. The summed E-state index contributed by atoms with van der Waals surface area (Å²) in [4.78, 5) is 42.2. The third-order valence-electron chi connectivity index (χ3n) is 4.29. The summed E-state index contributed by atoms with van der Waals surface area (Å²) in [6.07, 6.45) is 2.93. The van der Waals surface area contributed by atoms with Crippen molar-refractivity contribution in [2.75, 3.05) is 0 Å². The molecule has 0 radical (unpaired) electrons. The van der Waals surface area contributed by atoms with Crippen LogP contribution in [-0.4, -0.2) is 21.4 Å². The van der Waals surface area contributed by atoms with E-state index in [-0.39, 0.29) is 18.0 Å². The number of hydrogen-bond donors (Lipinski definition) is 2. The van der Waals surface area contributed by atoms with E-state index in [1.165, 1.54) is 16.4 Å². The first-order valence-corrected chi connectivity index (χ1v) is 8.75. The third-order valence-corrected chi connectivity index (χ3v) is 5.43. The highest BCUT2D eigenvalue weighted by Crippen LogP contribution is 2.35. The zero-order valence-electron chi connectivity index (χ0n) is 13.9. The first kappa shape index (κ1) is 16.6. The van der Waals surface area contributed by atoms with E-state index in [1.807, 2.05) is 0 Å². The van der Waals surface area contributed by atoms with Crippen LogP contribution in [-0.2, 0) is 29.0 Å². The molecule has 2 aromatic heterocycles. The number of carbonyl (C=O) groups excluding carboxylic acids is 2. The second-order valence-corrected chi connectivity index (χ2v) is 7.40. The number of hydrazine groups is 1. The molecule has 7 nitrogen and oxygen atoms in total. The number of hydrogen-bond acceptors (Lipinski definition) is 5. The molecule has 2 amide bonds. The summed E-state index contributed by atoms with van der Waals surface area (Å²) in [7, 11) is 0. The van der Waals surface area contributed by atoms with E-state index < -0.39 is 5.91 Å². The lowest BCUT2D eigenvalue weighted by molar-refractivity contribution is -0.128. The lowest BCUT2D eigenvalue weighted by Gasteiger charge is -2.17. The lowest BCUT2D eigenvalue weighted by Crippen LogP contribution is -2.43. The molecular weight excluding hydrogens is 328 g/mol. The van der Waals surface area contributed by atoms with E-state index in [4.69, 9.17) is 0 Å². The molecule has 1 unspecified atom stereocenters. The second-order valence-electron chi connectivity index (χ2n) is 6.31. The van der Waals surface area contributed by atoms with Crippen LogP contribution in [0.2, 0.25) is 0 Å². The highest BCUT2D eigenvalue weighted by molar-refractivity contribution is 7.18. The maximum atomic E-state index is 12.9. The zero-order valence-corrected chi connectivity index (χ0v) is 14.7. The highest BCUT2D eigenvalue weighted by Gasteiger charge is 2.24. The van der Waals surface area contributed by atoms with Gasteiger partial charge in [0.2, 0.25) is 5.91 Å². The number of nitrogens with zero attached hydrogens (tertiary/aromatic N) is 2.